The van der Waals surface area contributed by atoms with Crippen LogP contribution in [0.4, 0.5) is 5.69 Å². The molecule has 108 valence electrons. The number of nitrogens with one attached hydrogen (secondary N) is 1. The fourth-order valence-electron chi connectivity index (χ4n) is 2.64. The Morgan fingerprint density at radius 2 is 1.95 bits per heavy atom. The Hall–Kier alpha value is -1.75. The van der Waals surface area contributed by atoms with Gasteiger partial charge in [-0.2, -0.15) is 0 Å². The molecule has 1 N–H and O–H groups in total. The van der Waals surface area contributed by atoms with E-state index in [1.807, 2.05) is 12.1 Å². The maximum Gasteiger partial charge on any atom is 0.231 e. The normalized spacial score (nSPS) is 18.0. The molecule has 1 fully saturated rings. The average Bonchev–Trinajstić information content (AvgIpc) is 2.94. The van der Waals surface area contributed by atoms with Crippen LogP contribution in [0, 0.1) is 0 Å². The summed E-state index contributed by atoms with van der Waals surface area (Å²) in [6, 6.07) is 5.47. The standard InChI is InChI=1S/C15H20N2O3/c18-15(6-9-17-7-2-1-3-8-17)16-12-4-5-13-14(10-12)20-11-19-13/h4-5,10H,1-3,6-9,11H2,(H,16,18). The van der Waals surface area contributed by atoms with Crippen molar-refractivity contribution in [2.24, 2.45) is 0 Å². The third-order valence-corrected chi connectivity index (χ3v) is 3.76. The van der Waals surface area contributed by atoms with Gasteiger partial charge in [-0.25, -0.2) is 0 Å². The van der Waals surface area contributed by atoms with Crippen molar-refractivity contribution in [1.82, 2.24) is 4.90 Å². The van der Waals surface area contributed by atoms with Crippen molar-refractivity contribution in [1.29, 1.82) is 0 Å². The highest BCUT2D eigenvalue weighted by atomic mass is 16.7. The van der Waals surface area contributed by atoms with Gasteiger partial charge in [0, 0.05) is 24.7 Å². The Morgan fingerprint density at radius 1 is 1.15 bits per heavy atom. The summed E-state index contributed by atoms with van der Waals surface area (Å²) in [5.41, 5.74) is 0.762. The largest absolute Gasteiger partial charge is 0.454 e. The summed E-state index contributed by atoms with van der Waals surface area (Å²) >= 11 is 0. The van der Waals surface area contributed by atoms with Gasteiger partial charge in [-0.3, -0.25) is 4.79 Å². The molecular formula is C15H20N2O3. The van der Waals surface area contributed by atoms with Crippen LogP contribution in [0.3, 0.4) is 0 Å². The molecule has 1 saturated heterocycles. The number of carbonyl (C=O) groups excluding carboxylic acids is 1. The first-order valence-corrected chi connectivity index (χ1v) is 7.23. The number of nitrogens with zero attached hydrogens (tertiary/aromatic N) is 1. The highest BCUT2D eigenvalue weighted by Gasteiger charge is 2.15. The Labute approximate surface area is 118 Å². The zero-order valence-corrected chi connectivity index (χ0v) is 11.6. The monoisotopic (exact) mass is 276 g/mol. The van der Waals surface area contributed by atoms with Gasteiger partial charge in [0.1, 0.15) is 0 Å². The van der Waals surface area contributed by atoms with E-state index in [4.69, 9.17) is 9.47 Å². The van der Waals surface area contributed by atoms with Crippen LogP contribution in [-0.4, -0.2) is 37.2 Å². The van der Waals surface area contributed by atoms with E-state index in [1.165, 1.54) is 19.3 Å². The third kappa shape index (κ3) is 3.22. The van der Waals surface area contributed by atoms with E-state index in [2.05, 4.69) is 10.2 Å². The van der Waals surface area contributed by atoms with Crippen LogP contribution in [0.5, 0.6) is 11.5 Å². The number of rotatable bonds is 4. The molecule has 20 heavy (non-hydrogen) atoms. The van der Waals surface area contributed by atoms with Gasteiger partial charge in [0.2, 0.25) is 12.7 Å². The van der Waals surface area contributed by atoms with Gasteiger partial charge in [-0.15, -0.1) is 0 Å². The maximum absolute atomic E-state index is 11.9. The molecular weight excluding hydrogens is 256 g/mol. The lowest BCUT2D eigenvalue weighted by molar-refractivity contribution is -0.116. The van der Waals surface area contributed by atoms with Crippen LogP contribution < -0.4 is 14.8 Å². The molecule has 0 atom stereocenters. The number of ether oxygens (including phenoxy) is 2. The van der Waals surface area contributed by atoms with E-state index in [0.29, 0.717) is 12.2 Å². The first-order valence-electron chi connectivity index (χ1n) is 7.23. The number of amides is 1. The van der Waals surface area contributed by atoms with Gasteiger partial charge in [-0.05, 0) is 38.1 Å². The molecule has 2 aliphatic rings. The van der Waals surface area contributed by atoms with Gasteiger partial charge >= 0.3 is 0 Å². The van der Waals surface area contributed by atoms with Crippen molar-refractivity contribution in [2.75, 3.05) is 31.7 Å². The van der Waals surface area contributed by atoms with E-state index in [0.717, 1.165) is 31.1 Å². The molecule has 1 aromatic carbocycles. The molecule has 0 bridgehead atoms. The summed E-state index contributed by atoms with van der Waals surface area (Å²) in [4.78, 5) is 14.3. The fourth-order valence-corrected chi connectivity index (χ4v) is 2.64. The van der Waals surface area contributed by atoms with Gasteiger partial charge in [0.25, 0.3) is 0 Å². The second-order valence-corrected chi connectivity index (χ2v) is 5.27. The minimum atomic E-state index is 0.0504. The lowest BCUT2D eigenvalue weighted by Crippen LogP contribution is -2.32. The second kappa shape index (κ2) is 6.13. The first-order chi connectivity index (χ1) is 9.81. The van der Waals surface area contributed by atoms with Gasteiger partial charge in [-0.1, -0.05) is 6.42 Å². The molecule has 5 heteroatoms. The number of fused-ring (bicyclic) bond motifs is 1. The molecule has 3 rings (SSSR count). The molecule has 0 aliphatic carbocycles. The molecule has 0 saturated carbocycles. The van der Waals surface area contributed by atoms with Crippen molar-refractivity contribution in [3.05, 3.63) is 18.2 Å². The predicted octanol–water partition coefficient (Wildman–Crippen LogP) is 2.23. The van der Waals surface area contributed by atoms with Crippen LogP contribution in [0.1, 0.15) is 25.7 Å². The number of benzene rings is 1. The predicted molar refractivity (Wildman–Crippen MR) is 76.1 cm³/mol. The zero-order valence-electron chi connectivity index (χ0n) is 11.6. The fraction of sp³-hybridized carbons (Fsp3) is 0.533. The van der Waals surface area contributed by atoms with Crippen molar-refractivity contribution < 1.29 is 14.3 Å². The Balaban J connectivity index is 1.48. The molecule has 0 radical (unpaired) electrons. The van der Waals surface area contributed by atoms with Crippen molar-refractivity contribution in [3.8, 4) is 11.5 Å². The zero-order chi connectivity index (χ0) is 13.8. The molecule has 1 amide bonds. The Bertz CT molecular complexity index is 484. The number of likely N-dealkylation sites (tertiary alicyclic amines) is 1. The summed E-state index contributed by atoms with van der Waals surface area (Å²) in [5.74, 6) is 1.48. The van der Waals surface area contributed by atoms with Gasteiger partial charge in [0.05, 0.1) is 0 Å². The highest BCUT2D eigenvalue weighted by Crippen LogP contribution is 2.34. The van der Waals surface area contributed by atoms with E-state index in [-0.39, 0.29) is 12.7 Å². The van der Waals surface area contributed by atoms with E-state index < -0.39 is 0 Å². The van der Waals surface area contributed by atoms with E-state index in [9.17, 15) is 4.79 Å². The summed E-state index contributed by atoms with van der Waals surface area (Å²) < 4.78 is 10.5. The summed E-state index contributed by atoms with van der Waals surface area (Å²) in [5, 5.41) is 2.91. The quantitative estimate of drug-likeness (QED) is 0.916. The number of carbonyl (C=O) groups is 1. The second-order valence-electron chi connectivity index (χ2n) is 5.27. The van der Waals surface area contributed by atoms with E-state index in [1.54, 1.807) is 6.07 Å². The Kier molecular flexibility index (Phi) is 4.06. The van der Waals surface area contributed by atoms with Crippen LogP contribution in [0.15, 0.2) is 18.2 Å². The highest BCUT2D eigenvalue weighted by molar-refractivity contribution is 5.91. The van der Waals surface area contributed by atoms with Crippen LogP contribution >= 0.6 is 0 Å². The molecule has 0 aromatic heterocycles. The van der Waals surface area contributed by atoms with Crippen LogP contribution in [-0.2, 0) is 4.79 Å². The molecule has 1 aromatic rings. The van der Waals surface area contributed by atoms with Crippen molar-refractivity contribution >= 4 is 11.6 Å². The molecule has 0 spiro atoms. The van der Waals surface area contributed by atoms with Crippen LogP contribution in [0.2, 0.25) is 0 Å². The Morgan fingerprint density at radius 3 is 2.80 bits per heavy atom. The number of hydrogen-bond acceptors (Lipinski definition) is 4. The summed E-state index contributed by atoms with van der Waals surface area (Å²) in [7, 11) is 0. The lowest BCUT2D eigenvalue weighted by atomic mass is 10.1. The summed E-state index contributed by atoms with van der Waals surface area (Å²) in [6.07, 6.45) is 4.36. The summed E-state index contributed by atoms with van der Waals surface area (Å²) in [6.45, 7) is 3.34. The molecule has 2 aliphatic heterocycles. The minimum absolute atomic E-state index is 0.0504. The number of piperidine rings is 1. The number of hydrogen-bond donors (Lipinski definition) is 1. The third-order valence-electron chi connectivity index (χ3n) is 3.76. The first kappa shape index (κ1) is 13.2. The molecule has 5 nitrogen and oxygen atoms in total. The van der Waals surface area contributed by atoms with E-state index >= 15 is 0 Å². The smallest absolute Gasteiger partial charge is 0.231 e. The topological polar surface area (TPSA) is 50.8 Å². The number of anilines is 1. The molecule has 0 unspecified atom stereocenters. The van der Waals surface area contributed by atoms with Gasteiger partial charge < -0.3 is 19.7 Å². The average molecular weight is 276 g/mol. The maximum atomic E-state index is 11.9. The van der Waals surface area contributed by atoms with Crippen molar-refractivity contribution in [3.63, 3.8) is 0 Å². The van der Waals surface area contributed by atoms with Crippen molar-refractivity contribution in [2.45, 2.75) is 25.7 Å². The lowest BCUT2D eigenvalue weighted by Gasteiger charge is -2.25. The van der Waals surface area contributed by atoms with Gasteiger partial charge in [0.15, 0.2) is 11.5 Å². The minimum Gasteiger partial charge on any atom is -0.454 e. The molecule has 2 heterocycles. The van der Waals surface area contributed by atoms with Crippen LogP contribution in [0.25, 0.3) is 0 Å². The SMILES string of the molecule is O=C(CCN1CCCCC1)Nc1ccc2c(c1)OCO2.